The summed E-state index contributed by atoms with van der Waals surface area (Å²) in [6.07, 6.45) is 6.01. The van der Waals surface area contributed by atoms with Crippen molar-refractivity contribution in [2.24, 2.45) is 0 Å². The van der Waals surface area contributed by atoms with Gasteiger partial charge in [-0.3, -0.25) is 9.78 Å². The number of ether oxygens (including phenoxy) is 1. The number of carbonyl (C=O) groups excluding carboxylic acids is 1. The molecule has 1 aliphatic heterocycles. The standard InChI is InChI=1S/C28H38FN5O3S/c1-28(2,3)38(4,5)37-12-9-30-27(35)21-16-23(31-18-20-7-6-8-22(29)15-20)26-24(17-21)32-19-25(33-26)34-10-13-36-14-11-34/h6-8,15-17,19,31H,9-14,18H2,1-5H3,(H,30,35). The molecule has 0 radical (unpaired) electrons. The zero-order valence-electron chi connectivity index (χ0n) is 22.8. The van der Waals surface area contributed by atoms with Gasteiger partial charge < -0.3 is 24.5 Å². The van der Waals surface area contributed by atoms with E-state index in [0.29, 0.717) is 55.2 Å². The Morgan fingerprint density at radius 1 is 1.18 bits per heavy atom. The van der Waals surface area contributed by atoms with Crippen LogP contribution < -0.4 is 15.5 Å². The van der Waals surface area contributed by atoms with Crippen molar-refractivity contribution in [1.29, 1.82) is 0 Å². The van der Waals surface area contributed by atoms with E-state index in [1.807, 2.05) is 6.07 Å². The molecule has 1 fully saturated rings. The lowest BCUT2D eigenvalue weighted by Gasteiger charge is -2.43. The van der Waals surface area contributed by atoms with Crippen molar-refractivity contribution in [3.05, 3.63) is 59.5 Å². The van der Waals surface area contributed by atoms with Gasteiger partial charge in [0.05, 0.1) is 37.2 Å². The van der Waals surface area contributed by atoms with Gasteiger partial charge in [0, 0.05) is 36.5 Å². The minimum Gasteiger partial charge on any atom is -0.379 e. The maximum atomic E-state index is 13.7. The Balaban J connectivity index is 1.55. The number of rotatable bonds is 9. The molecule has 0 unspecified atom stereocenters. The normalized spacial score (nSPS) is 14.9. The van der Waals surface area contributed by atoms with Gasteiger partial charge in [0.1, 0.15) is 17.2 Å². The Morgan fingerprint density at radius 3 is 2.66 bits per heavy atom. The van der Waals surface area contributed by atoms with E-state index in [4.69, 9.17) is 13.9 Å². The van der Waals surface area contributed by atoms with Crippen molar-refractivity contribution >= 4 is 38.8 Å². The number of hydrogen-bond acceptors (Lipinski definition) is 7. The van der Waals surface area contributed by atoms with Crippen molar-refractivity contribution in [1.82, 2.24) is 15.3 Å². The number of halogens is 1. The highest BCUT2D eigenvalue weighted by atomic mass is 32.3. The highest BCUT2D eigenvalue weighted by molar-refractivity contribution is 8.29. The van der Waals surface area contributed by atoms with Gasteiger partial charge in [0.25, 0.3) is 5.91 Å². The lowest BCUT2D eigenvalue weighted by Crippen LogP contribution is -2.36. The average molecular weight is 544 g/mol. The van der Waals surface area contributed by atoms with E-state index in [-0.39, 0.29) is 16.5 Å². The molecule has 2 heterocycles. The van der Waals surface area contributed by atoms with Crippen molar-refractivity contribution in [2.45, 2.75) is 32.1 Å². The summed E-state index contributed by atoms with van der Waals surface area (Å²) in [7, 11) is -1.26. The molecule has 10 heteroatoms. The number of nitrogens with zero attached hydrogens (tertiary/aromatic N) is 3. The van der Waals surface area contributed by atoms with Crippen LogP contribution in [0.4, 0.5) is 15.9 Å². The molecule has 0 aliphatic carbocycles. The average Bonchev–Trinajstić information content (AvgIpc) is 2.89. The fourth-order valence-corrected chi connectivity index (χ4v) is 4.71. The Hall–Kier alpha value is -2.95. The molecule has 0 bridgehead atoms. The molecule has 0 saturated carbocycles. The van der Waals surface area contributed by atoms with E-state index >= 15 is 0 Å². The number of morpholine rings is 1. The van der Waals surface area contributed by atoms with Crippen LogP contribution in [0.2, 0.25) is 0 Å². The SMILES string of the molecule is CC(C)(C)S(C)(C)OCCNC(=O)c1cc(NCc2cccc(F)c2)c2nc(N3CCOCC3)cnc2c1. The van der Waals surface area contributed by atoms with E-state index in [2.05, 4.69) is 53.8 Å². The van der Waals surface area contributed by atoms with Gasteiger partial charge in [-0.2, -0.15) is 0 Å². The van der Waals surface area contributed by atoms with E-state index in [0.717, 1.165) is 24.5 Å². The van der Waals surface area contributed by atoms with Gasteiger partial charge in [0.15, 0.2) is 0 Å². The minimum absolute atomic E-state index is 0.0519. The molecule has 1 aliphatic rings. The summed E-state index contributed by atoms with van der Waals surface area (Å²) >= 11 is 0. The lowest BCUT2D eigenvalue weighted by molar-refractivity contribution is 0.0948. The van der Waals surface area contributed by atoms with E-state index in [1.54, 1.807) is 24.4 Å². The summed E-state index contributed by atoms with van der Waals surface area (Å²) in [5, 5.41) is 6.31. The van der Waals surface area contributed by atoms with Gasteiger partial charge in [-0.05, 0) is 42.3 Å². The minimum atomic E-state index is -1.26. The second-order valence-corrected chi connectivity index (χ2v) is 14.6. The molecular weight excluding hydrogens is 505 g/mol. The monoisotopic (exact) mass is 543 g/mol. The summed E-state index contributed by atoms with van der Waals surface area (Å²) in [4.78, 5) is 24.7. The molecule has 1 aromatic heterocycles. The third kappa shape index (κ3) is 6.92. The van der Waals surface area contributed by atoms with Gasteiger partial charge in [0.2, 0.25) is 0 Å². The van der Waals surface area contributed by atoms with E-state index in [9.17, 15) is 9.18 Å². The van der Waals surface area contributed by atoms with Crippen LogP contribution in [0.5, 0.6) is 0 Å². The van der Waals surface area contributed by atoms with Crippen LogP contribution in [-0.4, -0.2) is 72.6 Å². The van der Waals surface area contributed by atoms with Crippen LogP contribution in [0, 0.1) is 5.82 Å². The Labute approximate surface area is 225 Å². The molecule has 0 spiro atoms. The summed E-state index contributed by atoms with van der Waals surface area (Å²) in [5.41, 5.74) is 3.17. The predicted octanol–water partition coefficient (Wildman–Crippen LogP) is 4.74. The van der Waals surface area contributed by atoms with Crippen molar-refractivity contribution in [3.8, 4) is 0 Å². The second-order valence-electron chi connectivity index (χ2n) is 10.6. The van der Waals surface area contributed by atoms with Crippen LogP contribution in [-0.2, 0) is 15.5 Å². The molecule has 1 amide bonds. The van der Waals surface area contributed by atoms with E-state index in [1.165, 1.54) is 12.1 Å². The van der Waals surface area contributed by atoms with Crippen LogP contribution in [0.15, 0.2) is 42.6 Å². The van der Waals surface area contributed by atoms with Crippen LogP contribution >= 0.6 is 10.3 Å². The quantitative estimate of drug-likeness (QED) is 0.377. The number of aromatic nitrogens is 2. The number of benzene rings is 2. The number of amides is 1. The fraction of sp³-hybridized carbons (Fsp3) is 0.464. The van der Waals surface area contributed by atoms with Crippen molar-refractivity contribution in [2.75, 3.05) is 62.2 Å². The summed E-state index contributed by atoms with van der Waals surface area (Å²) < 4.78 is 25.4. The molecule has 2 aromatic carbocycles. The molecule has 0 atom stereocenters. The molecule has 1 saturated heterocycles. The molecule has 4 rings (SSSR count). The lowest BCUT2D eigenvalue weighted by atomic mass is 10.1. The number of anilines is 2. The number of hydrogen-bond donors (Lipinski definition) is 2. The first kappa shape index (κ1) is 28.1. The van der Waals surface area contributed by atoms with Crippen molar-refractivity contribution in [3.63, 3.8) is 0 Å². The van der Waals surface area contributed by atoms with E-state index < -0.39 is 10.3 Å². The molecule has 3 aromatic rings. The Morgan fingerprint density at radius 2 is 1.95 bits per heavy atom. The predicted molar refractivity (Wildman–Crippen MR) is 154 cm³/mol. The summed E-state index contributed by atoms with van der Waals surface area (Å²) in [6.45, 7) is 10.5. The molecule has 38 heavy (non-hydrogen) atoms. The first-order valence-electron chi connectivity index (χ1n) is 12.8. The van der Waals surface area contributed by atoms with Crippen LogP contribution in [0.25, 0.3) is 11.0 Å². The largest absolute Gasteiger partial charge is 0.379 e. The first-order valence-corrected chi connectivity index (χ1v) is 15.2. The second kappa shape index (κ2) is 11.8. The molecule has 206 valence electrons. The highest BCUT2D eigenvalue weighted by Gasteiger charge is 2.28. The van der Waals surface area contributed by atoms with Crippen molar-refractivity contribution < 1.29 is 18.1 Å². The van der Waals surface area contributed by atoms with Gasteiger partial charge in [-0.1, -0.05) is 32.9 Å². The number of carbonyl (C=O) groups is 1. The number of nitrogens with one attached hydrogen (secondary N) is 2. The fourth-order valence-electron chi connectivity index (χ4n) is 3.85. The van der Waals surface area contributed by atoms with Crippen LogP contribution in [0.3, 0.4) is 0 Å². The van der Waals surface area contributed by atoms with Gasteiger partial charge in [-0.25, -0.2) is 9.37 Å². The zero-order valence-corrected chi connectivity index (χ0v) is 23.7. The molecule has 2 N–H and O–H groups in total. The summed E-state index contributed by atoms with van der Waals surface area (Å²) in [5.74, 6) is 0.246. The summed E-state index contributed by atoms with van der Waals surface area (Å²) in [6, 6.07) is 9.95. The Kier molecular flexibility index (Phi) is 8.74. The maximum absolute atomic E-state index is 13.7. The first-order chi connectivity index (χ1) is 18.0. The third-order valence-electron chi connectivity index (χ3n) is 6.84. The topological polar surface area (TPSA) is 88.6 Å². The van der Waals surface area contributed by atoms with Gasteiger partial charge in [-0.15, -0.1) is 10.3 Å². The molecular formula is C28H38FN5O3S. The van der Waals surface area contributed by atoms with Crippen LogP contribution in [0.1, 0.15) is 36.7 Å². The zero-order chi connectivity index (χ0) is 27.3. The van der Waals surface area contributed by atoms with Gasteiger partial charge >= 0.3 is 0 Å². The maximum Gasteiger partial charge on any atom is 0.251 e. The highest BCUT2D eigenvalue weighted by Crippen LogP contribution is 2.53. The number of fused-ring (bicyclic) bond motifs is 1. The molecule has 8 nitrogen and oxygen atoms in total. The smallest absolute Gasteiger partial charge is 0.251 e. The third-order valence-corrected chi connectivity index (χ3v) is 10.6. The Bertz CT molecular complexity index is 1280.